The predicted molar refractivity (Wildman–Crippen MR) is 133 cm³/mol. The lowest BCUT2D eigenvalue weighted by atomic mass is 9.86. The second-order valence-corrected chi connectivity index (χ2v) is 9.53. The van der Waals surface area contributed by atoms with Gasteiger partial charge in [0.25, 0.3) is 5.91 Å². The third kappa shape index (κ3) is 6.50. The lowest BCUT2D eigenvalue weighted by molar-refractivity contribution is -0.904. The minimum Gasteiger partial charge on any atom is -0.487 e. The topological polar surface area (TPSA) is 42.8 Å². The molecule has 3 aromatic rings. The Morgan fingerprint density at radius 1 is 1.00 bits per heavy atom. The summed E-state index contributed by atoms with van der Waals surface area (Å²) in [6.07, 6.45) is 0.790. The first-order valence-corrected chi connectivity index (χ1v) is 12.1. The van der Waals surface area contributed by atoms with Crippen LogP contribution in [0.2, 0.25) is 10.0 Å². The molecule has 2 N–H and O–H groups in total. The van der Waals surface area contributed by atoms with Crippen molar-refractivity contribution in [2.75, 3.05) is 19.7 Å². The second-order valence-electron chi connectivity index (χ2n) is 8.65. The molecule has 1 unspecified atom stereocenters. The van der Waals surface area contributed by atoms with Crippen LogP contribution in [0.3, 0.4) is 0 Å². The van der Waals surface area contributed by atoms with E-state index < -0.39 is 0 Å². The number of hydrogen-bond donors (Lipinski definition) is 2. The van der Waals surface area contributed by atoms with Gasteiger partial charge in [-0.25, -0.2) is 0 Å². The van der Waals surface area contributed by atoms with Crippen LogP contribution in [0.15, 0.2) is 72.8 Å². The molecule has 1 aliphatic rings. The first kappa shape index (κ1) is 23.6. The van der Waals surface area contributed by atoms with E-state index in [0.29, 0.717) is 23.2 Å². The number of nitrogens with one attached hydrogen (secondary N) is 2. The highest BCUT2D eigenvalue weighted by atomic mass is 35.5. The van der Waals surface area contributed by atoms with Gasteiger partial charge in [-0.3, -0.25) is 4.79 Å². The number of quaternary nitrogens is 1. The molecule has 6 heteroatoms. The first-order valence-electron chi connectivity index (χ1n) is 11.3. The van der Waals surface area contributed by atoms with E-state index in [0.717, 1.165) is 36.4 Å². The molecule has 172 valence electrons. The SMILES string of the molecule is C[C@@H](NC(=O)C[NH+]1CCOc2ccccc2C1)[C@H](Cc1ccc(Cl)cc1)c1ccc(Cl)cc1. The van der Waals surface area contributed by atoms with Crippen LogP contribution in [0.4, 0.5) is 0 Å². The number of ether oxygens (including phenoxy) is 1. The molecular weight excluding hydrogens is 455 g/mol. The van der Waals surface area contributed by atoms with Crippen molar-refractivity contribution in [3.63, 3.8) is 0 Å². The van der Waals surface area contributed by atoms with Gasteiger partial charge in [0.05, 0.1) is 0 Å². The summed E-state index contributed by atoms with van der Waals surface area (Å²) in [5, 5.41) is 4.68. The van der Waals surface area contributed by atoms with E-state index in [4.69, 9.17) is 27.9 Å². The zero-order valence-electron chi connectivity index (χ0n) is 18.7. The minimum absolute atomic E-state index is 0.0481. The third-order valence-corrected chi connectivity index (χ3v) is 6.70. The maximum atomic E-state index is 13.0. The van der Waals surface area contributed by atoms with Crippen molar-refractivity contribution in [1.82, 2.24) is 5.32 Å². The molecule has 0 saturated heterocycles. The molecule has 1 aliphatic heterocycles. The molecule has 3 aromatic carbocycles. The van der Waals surface area contributed by atoms with Gasteiger partial charge in [0.15, 0.2) is 6.54 Å². The predicted octanol–water partition coefficient (Wildman–Crippen LogP) is 4.30. The Balaban J connectivity index is 1.44. The largest absolute Gasteiger partial charge is 0.487 e. The molecule has 3 atom stereocenters. The van der Waals surface area contributed by atoms with E-state index in [1.54, 1.807) is 0 Å². The van der Waals surface area contributed by atoms with Gasteiger partial charge >= 0.3 is 0 Å². The monoisotopic (exact) mass is 483 g/mol. The maximum Gasteiger partial charge on any atom is 0.275 e. The van der Waals surface area contributed by atoms with Gasteiger partial charge in [0.1, 0.15) is 25.4 Å². The maximum absolute atomic E-state index is 13.0. The summed E-state index contributed by atoms with van der Waals surface area (Å²) < 4.78 is 5.85. The Kier molecular flexibility index (Phi) is 7.92. The lowest BCUT2D eigenvalue weighted by Crippen LogP contribution is -3.12. The van der Waals surface area contributed by atoms with Crippen molar-refractivity contribution in [1.29, 1.82) is 0 Å². The van der Waals surface area contributed by atoms with E-state index in [2.05, 4.69) is 18.3 Å². The van der Waals surface area contributed by atoms with Crippen molar-refractivity contribution < 1.29 is 14.4 Å². The number of rotatable bonds is 7. The Labute approximate surface area is 205 Å². The number of amides is 1. The summed E-state index contributed by atoms with van der Waals surface area (Å²) in [6.45, 7) is 4.67. The average molecular weight is 484 g/mol. The zero-order chi connectivity index (χ0) is 23.2. The highest BCUT2D eigenvalue weighted by molar-refractivity contribution is 6.30. The number of para-hydroxylation sites is 1. The summed E-state index contributed by atoms with van der Waals surface area (Å²) in [6, 6.07) is 23.8. The van der Waals surface area contributed by atoms with Gasteiger partial charge in [0.2, 0.25) is 0 Å². The molecule has 4 nitrogen and oxygen atoms in total. The highest BCUT2D eigenvalue weighted by Gasteiger charge is 2.25. The minimum atomic E-state index is -0.0516. The van der Waals surface area contributed by atoms with Crippen molar-refractivity contribution in [3.05, 3.63) is 99.5 Å². The van der Waals surface area contributed by atoms with E-state index >= 15 is 0 Å². The molecule has 0 aliphatic carbocycles. The van der Waals surface area contributed by atoms with Gasteiger partial charge in [0, 0.05) is 27.6 Å². The number of fused-ring (bicyclic) bond motifs is 1. The van der Waals surface area contributed by atoms with Crippen LogP contribution in [0.5, 0.6) is 5.75 Å². The molecule has 1 heterocycles. The van der Waals surface area contributed by atoms with Crippen molar-refractivity contribution in [3.8, 4) is 5.75 Å². The molecule has 4 rings (SSSR count). The van der Waals surface area contributed by atoms with E-state index in [1.807, 2.05) is 66.7 Å². The molecule has 33 heavy (non-hydrogen) atoms. The van der Waals surface area contributed by atoms with E-state index in [9.17, 15) is 4.79 Å². The summed E-state index contributed by atoms with van der Waals surface area (Å²) in [5.74, 6) is 1.08. The zero-order valence-corrected chi connectivity index (χ0v) is 20.2. The number of carbonyl (C=O) groups is 1. The Hall–Kier alpha value is -2.53. The van der Waals surface area contributed by atoms with Crippen LogP contribution in [-0.4, -0.2) is 31.6 Å². The van der Waals surface area contributed by atoms with Gasteiger partial charge in [-0.05, 0) is 60.9 Å². The number of benzene rings is 3. The van der Waals surface area contributed by atoms with Crippen LogP contribution in [-0.2, 0) is 17.8 Å². The van der Waals surface area contributed by atoms with Crippen molar-refractivity contribution in [2.45, 2.75) is 31.8 Å². The quantitative estimate of drug-likeness (QED) is 0.525. The Morgan fingerprint density at radius 2 is 1.67 bits per heavy atom. The summed E-state index contributed by atoms with van der Waals surface area (Å²) in [4.78, 5) is 14.2. The second kappa shape index (κ2) is 11.1. The molecular formula is C27H29Cl2N2O2+. The molecule has 1 amide bonds. The molecule has 0 aromatic heterocycles. The summed E-state index contributed by atoms with van der Waals surface area (Å²) in [7, 11) is 0. The van der Waals surface area contributed by atoms with Crippen LogP contribution in [0.1, 0.15) is 29.5 Å². The average Bonchev–Trinajstić information content (AvgIpc) is 3.01. The Bertz CT molecular complexity index is 1070. The van der Waals surface area contributed by atoms with Gasteiger partial charge in [-0.1, -0.05) is 59.6 Å². The van der Waals surface area contributed by atoms with Crippen molar-refractivity contribution >= 4 is 29.1 Å². The number of carbonyl (C=O) groups excluding carboxylic acids is 1. The lowest BCUT2D eigenvalue weighted by Gasteiger charge is -2.26. The van der Waals surface area contributed by atoms with Crippen LogP contribution in [0, 0.1) is 0 Å². The molecule has 0 saturated carbocycles. The number of hydrogen-bond acceptors (Lipinski definition) is 2. The van der Waals surface area contributed by atoms with Crippen LogP contribution >= 0.6 is 23.2 Å². The molecule has 0 spiro atoms. The number of halogens is 2. The van der Waals surface area contributed by atoms with Gasteiger partial charge in [-0.2, -0.15) is 0 Å². The fourth-order valence-corrected chi connectivity index (χ4v) is 4.66. The van der Waals surface area contributed by atoms with Crippen LogP contribution in [0.25, 0.3) is 0 Å². The first-order chi connectivity index (χ1) is 16.0. The van der Waals surface area contributed by atoms with Gasteiger partial charge in [-0.15, -0.1) is 0 Å². The fourth-order valence-electron chi connectivity index (χ4n) is 4.40. The van der Waals surface area contributed by atoms with Crippen LogP contribution < -0.4 is 15.0 Å². The Morgan fingerprint density at radius 3 is 2.39 bits per heavy atom. The van der Waals surface area contributed by atoms with Crippen molar-refractivity contribution in [2.24, 2.45) is 0 Å². The fraction of sp³-hybridized carbons (Fsp3) is 0.296. The molecule has 0 radical (unpaired) electrons. The van der Waals surface area contributed by atoms with E-state index in [-0.39, 0.29) is 17.9 Å². The normalized spacial score (nSPS) is 17.2. The van der Waals surface area contributed by atoms with Gasteiger partial charge < -0.3 is 15.0 Å². The summed E-state index contributed by atoms with van der Waals surface area (Å²) in [5.41, 5.74) is 3.46. The smallest absolute Gasteiger partial charge is 0.275 e. The molecule has 0 fully saturated rings. The highest BCUT2D eigenvalue weighted by Crippen LogP contribution is 2.27. The standard InChI is InChI=1S/C27H28Cl2N2O2/c1-19(30-27(32)18-31-14-15-33-26-5-3-2-4-22(26)17-31)25(21-8-12-24(29)13-9-21)16-20-6-10-23(28)11-7-20/h2-13,19,25H,14-18H2,1H3,(H,30,32)/p+1/t19-,25+/m1/s1. The van der Waals surface area contributed by atoms with E-state index in [1.165, 1.54) is 10.5 Å². The molecule has 0 bridgehead atoms. The summed E-state index contributed by atoms with van der Waals surface area (Å²) >= 11 is 12.2. The third-order valence-electron chi connectivity index (χ3n) is 6.20.